The first-order valence-electron chi connectivity index (χ1n) is 7.26. The second-order valence-corrected chi connectivity index (χ2v) is 6.85. The summed E-state index contributed by atoms with van der Waals surface area (Å²) in [5.74, 6) is -0.107. The molecule has 5 nitrogen and oxygen atoms in total. The van der Waals surface area contributed by atoms with Crippen LogP contribution in [0.1, 0.15) is 30.1 Å². The number of carbonyl (C=O) groups excluding carboxylic acids is 2. The summed E-state index contributed by atoms with van der Waals surface area (Å²) in [7, 11) is 0. The van der Waals surface area contributed by atoms with Gasteiger partial charge in [-0.15, -0.1) is 11.8 Å². The molecule has 112 valence electrons. The van der Waals surface area contributed by atoms with Crippen LogP contribution < -0.4 is 16.0 Å². The first kappa shape index (κ1) is 14.4. The third-order valence-electron chi connectivity index (χ3n) is 3.84. The fourth-order valence-corrected chi connectivity index (χ4v) is 3.53. The van der Waals surface area contributed by atoms with Crippen molar-refractivity contribution in [1.82, 2.24) is 10.6 Å². The Bertz CT molecular complexity index is 570. The molecule has 6 heteroatoms. The zero-order valence-electron chi connectivity index (χ0n) is 11.9. The lowest BCUT2D eigenvalue weighted by molar-refractivity contribution is -0.115. The van der Waals surface area contributed by atoms with Gasteiger partial charge >= 0.3 is 0 Å². The minimum Gasteiger partial charge on any atom is -0.350 e. The summed E-state index contributed by atoms with van der Waals surface area (Å²) in [5, 5.41) is 9.05. The van der Waals surface area contributed by atoms with E-state index in [4.69, 9.17) is 0 Å². The van der Waals surface area contributed by atoms with Crippen LogP contribution in [-0.2, 0) is 4.79 Å². The molecule has 1 aromatic carbocycles. The van der Waals surface area contributed by atoms with Crippen molar-refractivity contribution in [3.63, 3.8) is 0 Å². The van der Waals surface area contributed by atoms with Crippen LogP contribution in [0, 0.1) is 0 Å². The second-order valence-electron chi connectivity index (χ2n) is 5.46. The molecule has 0 aromatic heterocycles. The van der Waals surface area contributed by atoms with Crippen LogP contribution in [0.4, 0.5) is 5.69 Å². The van der Waals surface area contributed by atoms with Gasteiger partial charge in [0.2, 0.25) is 5.91 Å². The Hall–Kier alpha value is -1.53. The van der Waals surface area contributed by atoms with E-state index in [1.54, 1.807) is 6.07 Å². The number of nitrogens with one attached hydrogen (secondary N) is 3. The molecule has 1 fully saturated rings. The van der Waals surface area contributed by atoms with E-state index in [9.17, 15) is 9.59 Å². The number of benzene rings is 1. The van der Waals surface area contributed by atoms with Crippen LogP contribution >= 0.6 is 11.8 Å². The van der Waals surface area contributed by atoms with Crippen molar-refractivity contribution in [3.05, 3.63) is 23.8 Å². The maximum absolute atomic E-state index is 12.2. The molecule has 0 bridgehead atoms. The number of hydrogen-bond acceptors (Lipinski definition) is 4. The Balaban J connectivity index is 1.67. The van der Waals surface area contributed by atoms with Crippen molar-refractivity contribution in [2.75, 3.05) is 18.4 Å². The van der Waals surface area contributed by atoms with E-state index in [0.717, 1.165) is 23.5 Å². The lowest BCUT2D eigenvalue weighted by Gasteiger charge is -2.21. The van der Waals surface area contributed by atoms with Gasteiger partial charge in [-0.1, -0.05) is 0 Å². The average molecular weight is 305 g/mol. The highest BCUT2D eigenvalue weighted by molar-refractivity contribution is 8.00. The van der Waals surface area contributed by atoms with E-state index in [1.165, 1.54) is 18.2 Å². The fourth-order valence-electron chi connectivity index (χ4n) is 2.60. The van der Waals surface area contributed by atoms with Crippen LogP contribution in [0.15, 0.2) is 23.1 Å². The third-order valence-corrected chi connectivity index (χ3v) is 5.02. The highest BCUT2D eigenvalue weighted by atomic mass is 32.2. The predicted octanol–water partition coefficient (Wildman–Crippen LogP) is 1.60. The summed E-state index contributed by atoms with van der Waals surface area (Å²) >= 11 is 1.52. The number of fused-ring (bicyclic) bond motifs is 1. The number of amides is 2. The van der Waals surface area contributed by atoms with Crippen molar-refractivity contribution in [2.24, 2.45) is 0 Å². The molecule has 2 atom stereocenters. The fraction of sp³-hybridized carbons (Fsp3) is 0.467. The molecule has 1 aromatic rings. The minimum atomic E-state index is -0.0932. The molecule has 0 radical (unpaired) electrons. The zero-order valence-corrected chi connectivity index (χ0v) is 12.8. The summed E-state index contributed by atoms with van der Waals surface area (Å²) in [6.45, 7) is 3.55. The molecule has 2 amide bonds. The maximum atomic E-state index is 12.2. The molecule has 2 aliphatic heterocycles. The number of hydrogen-bond donors (Lipinski definition) is 3. The molecular formula is C15H19N3O2S. The van der Waals surface area contributed by atoms with Crippen LogP contribution in [0.2, 0.25) is 0 Å². The van der Waals surface area contributed by atoms with Crippen molar-refractivity contribution in [3.8, 4) is 0 Å². The van der Waals surface area contributed by atoms with Crippen molar-refractivity contribution >= 4 is 29.3 Å². The lowest BCUT2D eigenvalue weighted by atomic mass is 10.1. The normalized spacial score (nSPS) is 24.3. The zero-order chi connectivity index (χ0) is 14.8. The predicted molar refractivity (Wildman–Crippen MR) is 83.7 cm³/mol. The summed E-state index contributed by atoms with van der Waals surface area (Å²) < 4.78 is 0. The van der Waals surface area contributed by atoms with Gasteiger partial charge in [0.05, 0.1) is 10.9 Å². The Morgan fingerprint density at radius 1 is 1.48 bits per heavy atom. The molecule has 0 saturated carbocycles. The van der Waals surface area contributed by atoms with E-state index in [2.05, 4.69) is 16.0 Å². The smallest absolute Gasteiger partial charge is 0.251 e. The molecule has 2 heterocycles. The quantitative estimate of drug-likeness (QED) is 0.793. The molecule has 21 heavy (non-hydrogen) atoms. The van der Waals surface area contributed by atoms with Gasteiger partial charge < -0.3 is 16.0 Å². The highest BCUT2D eigenvalue weighted by Gasteiger charge is 2.24. The van der Waals surface area contributed by atoms with Crippen LogP contribution in [-0.4, -0.2) is 36.2 Å². The monoisotopic (exact) mass is 305 g/mol. The SMILES string of the molecule is CC1Sc2ccc(C(=O)NCC3CCCN3)cc2NC1=O. The molecule has 3 N–H and O–H groups in total. The van der Waals surface area contributed by atoms with E-state index >= 15 is 0 Å². The first-order chi connectivity index (χ1) is 10.1. The van der Waals surface area contributed by atoms with Crippen molar-refractivity contribution in [2.45, 2.75) is 36.0 Å². The second kappa shape index (κ2) is 6.07. The van der Waals surface area contributed by atoms with Gasteiger partial charge in [-0.3, -0.25) is 9.59 Å². The third kappa shape index (κ3) is 3.22. The van der Waals surface area contributed by atoms with E-state index in [1.807, 2.05) is 19.1 Å². The Kier molecular flexibility index (Phi) is 4.17. The Morgan fingerprint density at radius 3 is 3.10 bits per heavy atom. The number of carbonyl (C=O) groups is 2. The molecule has 3 rings (SSSR count). The average Bonchev–Trinajstić information content (AvgIpc) is 2.99. The molecule has 2 unspecified atom stereocenters. The highest BCUT2D eigenvalue weighted by Crippen LogP contribution is 2.35. The van der Waals surface area contributed by atoms with Gasteiger partial charge in [0.1, 0.15) is 0 Å². The Labute approximate surface area is 128 Å². The molecule has 0 aliphatic carbocycles. The van der Waals surface area contributed by atoms with Crippen LogP contribution in [0.25, 0.3) is 0 Å². The molecule has 1 saturated heterocycles. The standard InChI is InChI=1S/C15H19N3O2S/c1-9-14(19)18-12-7-10(4-5-13(12)21-9)15(20)17-8-11-3-2-6-16-11/h4-5,7,9,11,16H,2-3,6,8H2,1H3,(H,17,20)(H,18,19). The van der Waals surface area contributed by atoms with E-state index in [-0.39, 0.29) is 17.1 Å². The van der Waals surface area contributed by atoms with Gasteiger partial charge in [0.25, 0.3) is 5.91 Å². The number of rotatable bonds is 3. The van der Waals surface area contributed by atoms with Crippen LogP contribution in [0.3, 0.4) is 0 Å². The molecular weight excluding hydrogens is 286 g/mol. The summed E-state index contributed by atoms with van der Waals surface area (Å²) in [4.78, 5) is 24.9. The van der Waals surface area contributed by atoms with Gasteiger partial charge in [0.15, 0.2) is 0 Å². The summed E-state index contributed by atoms with van der Waals surface area (Å²) in [6, 6.07) is 5.85. The number of thioether (sulfide) groups is 1. The van der Waals surface area contributed by atoms with Crippen molar-refractivity contribution in [1.29, 1.82) is 0 Å². The molecule has 0 spiro atoms. The van der Waals surface area contributed by atoms with Gasteiger partial charge in [-0.2, -0.15) is 0 Å². The van der Waals surface area contributed by atoms with E-state index < -0.39 is 0 Å². The largest absolute Gasteiger partial charge is 0.350 e. The first-order valence-corrected chi connectivity index (χ1v) is 8.14. The minimum absolute atomic E-state index is 0.0137. The van der Waals surface area contributed by atoms with Gasteiger partial charge in [0, 0.05) is 23.0 Å². The molecule has 2 aliphatic rings. The van der Waals surface area contributed by atoms with Crippen molar-refractivity contribution < 1.29 is 9.59 Å². The Morgan fingerprint density at radius 2 is 2.33 bits per heavy atom. The lowest BCUT2D eigenvalue weighted by Crippen LogP contribution is -2.37. The topological polar surface area (TPSA) is 70.2 Å². The van der Waals surface area contributed by atoms with Crippen LogP contribution in [0.5, 0.6) is 0 Å². The summed E-state index contributed by atoms with van der Waals surface area (Å²) in [5.41, 5.74) is 1.32. The maximum Gasteiger partial charge on any atom is 0.251 e. The van der Waals surface area contributed by atoms with Gasteiger partial charge in [-0.25, -0.2) is 0 Å². The summed E-state index contributed by atoms with van der Waals surface area (Å²) in [6.07, 6.45) is 2.27. The van der Waals surface area contributed by atoms with E-state index in [0.29, 0.717) is 18.2 Å². The van der Waals surface area contributed by atoms with Gasteiger partial charge in [-0.05, 0) is 44.5 Å². The number of anilines is 1.